The van der Waals surface area contributed by atoms with Gasteiger partial charge in [0.25, 0.3) is 0 Å². The Kier molecular flexibility index (Phi) is 10.7. The van der Waals surface area contributed by atoms with Gasteiger partial charge in [0.2, 0.25) is 0 Å². The largest absolute Gasteiger partial charge is 2.00 e. The van der Waals surface area contributed by atoms with E-state index in [1.807, 2.05) is 45.8 Å². The average Bonchev–Trinajstić information content (AvgIpc) is 3.66. The summed E-state index contributed by atoms with van der Waals surface area (Å²) >= 11 is 0. The first kappa shape index (κ1) is 28.5. The standard InChI is InChI=1S/C18H15P.C16H15N3.Pt/c1-4-10-16(11-5-1)19(17-12-6-2-7-13-17)18-14-8-3-9-15-18;1-14-10-15(12-18-6-2-3-7-18)17-16(11-14)13-19-8-4-5-9-19;/h1-15H;2-6,8,10-11H,12-13H2,1H3;/q;-2;+2/p+1. The van der Waals surface area contributed by atoms with Gasteiger partial charge in [-0.05, 0) is 61.0 Å². The fourth-order valence-corrected chi connectivity index (χ4v) is 7.07. The van der Waals surface area contributed by atoms with Crippen LogP contribution in [0.1, 0.15) is 17.0 Å². The molecule has 0 N–H and O–H groups in total. The number of aromatic nitrogens is 3. The fourth-order valence-electron chi connectivity index (χ4n) is 4.50. The maximum atomic E-state index is 4.70. The molecule has 0 spiro atoms. The van der Waals surface area contributed by atoms with Gasteiger partial charge in [-0.3, -0.25) is 4.98 Å². The summed E-state index contributed by atoms with van der Waals surface area (Å²) in [6.07, 6.45) is 10.3. The normalized spacial score (nSPS) is 10.4. The summed E-state index contributed by atoms with van der Waals surface area (Å²) < 4.78 is 4.01. The Balaban J connectivity index is 0.000000176. The topological polar surface area (TPSA) is 22.8 Å². The van der Waals surface area contributed by atoms with Crippen LogP contribution in [0.3, 0.4) is 0 Å². The van der Waals surface area contributed by atoms with Crippen LogP contribution in [0.15, 0.2) is 140 Å². The van der Waals surface area contributed by atoms with E-state index in [4.69, 9.17) is 4.98 Å². The summed E-state index contributed by atoms with van der Waals surface area (Å²) in [5.41, 5.74) is 3.36. The molecule has 3 nitrogen and oxygen atoms in total. The maximum absolute atomic E-state index is 4.70. The van der Waals surface area contributed by atoms with Crippen LogP contribution in [0.4, 0.5) is 0 Å². The van der Waals surface area contributed by atoms with Crippen molar-refractivity contribution < 1.29 is 21.1 Å². The molecular weight excluding hydrogens is 676 g/mol. The molecule has 0 aliphatic heterocycles. The van der Waals surface area contributed by atoms with Crippen molar-refractivity contribution in [3.05, 3.63) is 169 Å². The Morgan fingerprint density at radius 3 is 1.31 bits per heavy atom. The van der Waals surface area contributed by atoms with Crippen LogP contribution in [-0.2, 0) is 34.2 Å². The number of benzene rings is 3. The molecular formula is C34H31N3PPt+. The predicted octanol–water partition coefficient (Wildman–Crippen LogP) is 5.86. The number of hydrogen-bond donors (Lipinski definition) is 0. The smallest absolute Gasteiger partial charge is 0.466 e. The summed E-state index contributed by atoms with van der Waals surface area (Å²) in [7, 11) is -0.877. The van der Waals surface area contributed by atoms with E-state index in [-0.39, 0.29) is 21.1 Å². The molecule has 0 radical (unpaired) electrons. The summed E-state index contributed by atoms with van der Waals surface area (Å²) in [5, 5.41) is 4.31. The molecule has 0 bridgehead atoms. The maximum Gasteiger partial charge on any atom is 2.00 e. The molecule has 0 saturated carbocycles. The monoisotopic (exact) mass is 707 g/mol. The molecule has 0 unspecified atom stereocenters. The minimum Gasteiger partial charge on any atom is -0.466 e. The van der Waals surface area contributed by atoms with Crippen molar-refractivity contribution in [2.45, 2.75) is 20.0 Å². The number of aryl methyl sites for hydroxylation is 1. The number of pyridine rings is 1. The minimum atomic E-state index is -0.877. The van der Waals surface area contributed by atoms with Gasteiger partial charge in [0.15, 0.2) is 0 Å². The third-order valence-corrected chi connectivity index (χ3v) is 8.87. The van der Waals surface area contributed by atoms with Crippen LogP contribution in [0, 0.1) is 19.3 Å². The summed E-state index contributed by atoms with van der Waals surface area (Å²) in [6, 6.07) is 44.5. The van der Waals surface area contributed by atoms with Crippen molar-refractivity contribution in [2.75, 3.05) is 0 Å². The van der Waals surface area contributed by atoms with Crippen molar-refractivity contribution >= 4 is 23.8 Å². The van der Waals surface area contributed by atoms with Gasteiger partial charge < -0.3 is 9.13 Å². The van der Waals surface area contributed by atoms with Gasteiger partial charge in [0.1, 0.15) is 15.9 Å². The first-order valence-electron chi connectivity index (χ1n) is 12.8. The second-order valence-corrected chi connectivity index (χ2v) is 11.6. The van der Waals surface area contributed by atoms with Crippen molar-refractivity contribution in [3.63, 3.8) is 0 Å². The van der Waals surface area contributed by atoms with E-state index in [2.05, 4.69) is 122 Å². The Labute approximate surface area is 247 Å². The second kappa shape index (κ2) is 14.6. The molecule has 0 aliphatic carbocycles. The molecule has 0 saturated heterocycles. The van der Waals surface area contributed by atoms with Gasteiger partial charge in [-0.1, -0.05) is 54.6 Å². The van der Waals surface area contributed by atoms with Crippen LogP contribution in [-0.4, -0.2) is 14.1 Å². The second-order valence-electron chi connectivity index (χ2n) is 9.13. The SMILES string of the molecule is Cc1cc(Cn2[c-]ccc2)nc(Cn2[c-]ccc2)c1.[Pt+2].c1ccc([PH+](c2ccccc2)c2ccccc2)cc1. The molecule has 6 rings (SSSR count). The van der Waals surface area contributed by atoms with Crippen molar-refractivity contribution in [2.24, 2.45) is 0 Å². The Morgan fingerprint density at radius 1 is 0.590 bits per heavy atom. The van der Waals surface area contributed by atoms with Crippen LogP contribution >= 0.6 is 7.92 Å². The third kappa shape index (κ3) is 8.23. The van der Waals surface area contributed by atoms with Gasteiger partial charge in [0, 0.05) is 13.1 Å². The van der Waals surface area contributed by atoms with E-state index in [0.717, 1.165) is 24.5 Å². The van der Waals surface area contributed by atoms with E-state index >= 15 is 0 Å². The molecule has 0 amide bonds. The third-order valence-electron chi connectivity index (χ3n) is 6.13. The Bertz CT molecular complexity index is 1350. The van der Waals surface area contributed by atoms with Gasteiger partial charge in [-0.2, -0.15) is 24.3 Å². The van der Waals surface area contributed by atoms with Crippen LogP contribution < -0.4 is 15.9 Å². The first-order chi connectivity index (χ1) is 18.7. The zero-order valence-electron chi connectivity index (χ0n) is 21.9. The first-order valence-corrected chi connectivity index (χ1v) is 14.3. The molecule has 3 heterocycles. The molecule has 0 atom stereocenters. The zero-order valence-corrected chi connectivity index (χ0v) is 25.1. The Morgan fingerprint density at radius 2 is 0.974 bits per heavy atom. The van der Waals surface area contributed by atoms with Crippen LogP contribution in [0.2, 0.25) is 0 Å². The van der Waals surface area contributed by atoms with Crippen molar-refractivity contribution in [1.82, 2.24) is 14.1 Å². The summed E-state index contributed by atoms with van der Waals surface area (Å²) in [5.74, 6) is 0. The summed E-state index contributed by atoms with van der Waals surface area (Å²) in [4.78, 5) is 4.70. The quantitative estimate of drug-likeness (QED) is 0.151. The zero-order chi connectivity index (χ0) is 26.0. The van der Waals surface area contributed by atoms with Crippen LogP contribution in [0.5, 0.6) is 0 Å². The number of rotatable bonds is 7. The number of nitrogens with zero attached hydrogens (tertiary/aromatic N) is 3. The van der Waals surface area contributed by atoms with Gasteiger partial charge >= 0.3 is 21.1 Å². The van der Waals surface area contributed by atoms with E-state index in [0.29, 0.717) is 0 Å². The van der Waals surface area contributed by atoms with Crippen molar-refractivity contribution in [1.29, 1.82) is 0 Å². The Hall–Kier alpha value is -3.51. The molecule has 3 aromatic heterocycles. The molecule has 0 aliphatic rings. The average molecular weight is 708 g/mol. The molecule has 39 heavy (non-hydrogen) atoms. The van der Waals surface area contributed by atoms with Crippen molar-refractivity contribution in [3.8, 4) is 0 Å². The summed E-state index contributed by atoms with van der Waals surface area (Å²) in [6.45, 7) is 3.63. The molecule has 5 heteroatoms. The van der Waals surface area contributed by atoms with E-state index in [1.54, 1.807) is 0 Å². The van der Waals surface area contributed by atoms with Gasteiger partial charge in [0.05, 0.1) is 19.3 Å². The molecule has 6 aromatic rings. The van der Waals surface area contributed by atoms with E-state index in [1.165, 1.54) is 21.5 Å². The predicted molar refractivity (Wildman–Crippen MR) is 160 cm³/mol. The van der Waals surface area contributed by atoms with E-state index < -0.39 is 7.92 Å². The number of hydrogen-bond acceptors (Lipinski definition) is 1. The van der Waals surface area contributed by atoms with E-state index in [9.17, 15) is 0 Å². The molecule has 0 fully saturated rings. The molecule has 3 aromatic carbocycles. The fraction of sp³-hybridized carbons (Fsp3) is 0.0882. The minimum absolute atomic E-state index is 0. The van der Waals surface area contributed by atoms with Gasteiger partial charge in [-0.25, -0.2) is 0 Å². The van der Waals surface area contributed by atoms with Crippen LogP contribution in [0.25, 0.3) is 0 Å². The molecule has 196 valence electrons. The van der Waals surface area contributed by atoms with Gasteiger partial charge in [-0.15, -0.1) is 24.8 Å².